The number of aromatic nitrogens is 1. The van der Waals surface area contributed by atoms with Crippen molar-refractivity contribution in [2.45, 2.75) is 45.3 Å². The van der Waals surface area contributed by atoms with Crippen molar-refractivity contribution in [2.75, 3.05) is 19.7 Å². The molecule has 0 unspecified atom stereocenters. The first-order valence-electron chi connectivity index (χ1n) is 9.87. The van der Waals surface area contributed by atoms with Gasteiger partial charge in [-0.15, -0.1) is 0 Å². The highest BCUT2D eigenvalue weighted by atomic mass is 16.6. The number of ether oxygens (including phenoxy) is 2. The Hall–Kier alpha value is -2.07. The number of rotatable bonds is 5. The van der Waals surface area contributed by atoms with Gasteiger partial charge in [0.25, 0.3) is 5.88 Å². The van der Waals surface area contributed by atoms with E-state index in [-0.39, 0.29) is 6.10 Å². The summed E-state index contributed by atoms with van der Waals surface area (Å²) in [5.74, 6) is 2.26. The monoisotopic (exact) mass is 352 g/mol. The number of hydrogen-bond donors (Lipinski definition) is 0. The summed E-state index contributed by atoms with van der Waals surface area (Å²) < 4.78 is 11.8. The van der Waals surface area contributed by atoms with Crippen LogP contribution in [0.3, 0.4) is 0 Å². The Balaban J connectivity index is 1.33. The third kappa shape index (κ3) is 4.01. The first-order valence-corrected chi connectivity index (χ1v) is 9.87. The lowest BCUT2D eigenvalue weighted by atomic mass is 9.92. The zero-order valence-electron chi connectivity index (χ0n) is 15.6. The van der Waals surface area contributed by atoms with Crippen molar-refractivity contribution in [3.05, 3.63) is 53.7 Å². The Labute approximate surface area is 156 Å². The third-order valence-electron chi connectivity index (χ3n) is 5.54. The largest absolute Gasteiger partial charge is 0.484 e. The van der Waals surface area contributed by atoms with Gasteiger partial charge in [-0.2, -0.15) is 0 Å². The molecule has 1 aromatic heterocycles. The second-order valence-electron chi connectivity index (χ2n) is 7.47. The van der Waals surface area contributed by atoms with Gasteiger partial charge in [0.1, 0.15) is 6.61 Å². The summed E-state index contributed by atoms with van der Waals surface area (Å²) in [4.78, 5) is 6.84. The van der Waals surface area contributed by atoms with E-state index in [4.69, 9.17) is 9.47 Å². The van der Waals surface area contributed by atoms with E-state index >= 15 is 0 Å². The van der Waals surface area contributed by atoms with Crippen LogP contribution in [0.2, 0.25) is 0 Å². The first-order chi connectivity index (χ1) is 12.8. The molecule has 2 aliphatic heterocycles. The molecule has 1 saturated heterocycles. The molecule has 1 aromatic carbocycles. The topological polar surface area (TPSA) is 34.6 Å². The van der Waals surface area contributed by atoms with Crippen LogP contribution in [-0.2, 0) is 6.54 Å². The third-order valence-corrected chi connectivity index (χ3v) is 5.54. The maximum Gasteiger partial charge on any atom is 0.257 e. The summed E-state index contributed by atoms with van der Waals surface area (Å²) in [6.45, 7) is 6.33. The highest BCUT2D eigenvalue weighted by Crippen LogP contribution is 2.34. The summed E-state index contributed by atoms with van der Waals surface area (Å²) >= 11 is 0. The molecule has 3 heterocycles. The molecule has 138 valence electrons. The van der Waals surface area contributed by atoms with Gasteiger partial charge in [0.15, 0.2) is 11.9 Å². The molecule has 0 aliphatic carbocycles. The molecule has 26 heavy (non-hydrogen) atoms. The minimum absolute atomic E-state index is 0.0868. The lowest BCUT2D eigenvalue weighted by molar-refractivity contribution is 0.0850. The van der Waals surface area contributed by atoms with Gasteiger partial charge in [-0.05, 0) is 55.1 Å². The van der Waals surface area contributed by atoms with Gasteiger partial charge in [0.05, 0.1) is 0 Å². The number of nitrogens with zero attached hydrogens (tertiary/aromatic N) is 2. The Morgan fingerprint density at radius 1 is 1.12 bits per heavy atom. The van der Waals surface area contributed by atoms with Crippen molar-refractivity contribution in [3.8, 4) is 11.6 Å². The number of benzene rings is 1. The molecule has 0 saturated carbocycles. The predicted octanol–water partition coefficient (Wildman–Crippen LogP) is 4.61. The minimum atomic E-state index is -0.0868. The molecule has 4 nitrogen and oxygen atoms in total. The van der Waals surface area contributed by atoms with E-state index in [2.05, 4.69) is 41.1 Å². The maximum atomic E-state index is 6.00. The number of hydrogen-bond acceptors (Lipinski definition) is 4. The van der Waals surface area contributed by atoms with Gasteiger partial charge >= 0.3 is 0 Å². The van der Waals surface area contributed by atoms with Crippen molar-refractivity contribution in [1.29, 1.82) is 0 Å². The fourth-order valence-electron chi connectivity index (χ4n) is 4.01. The van der Waals surface area contributed by atoms with Crippen molar-refractivity contribution in [1.82, 2.24) is 9.88 Å². The van der Waals surface area contributed by atoms with Crippen LogP contribution < -0.4 is 9.47 Å². The molecule has 1 fully saturated rings. The Bertz CT molecular complexity index is 708. The highest BCUT2D eigenvalue weighted by molar-refractivity contribution is 5.35. The standard InChI is InChI=1S/C22H28N2O2/c1-2-4-17-10-13-24(14-11-17)15-18-6-8-19(9-7-18)21-16-25-20-5-3-12-23-22(20)26-21/h3,5-9,12,17,21H,2,4,10-11,13-16H2,1H3/t21-/m1/s1. The second kappa shape index (κ2) is 8.09. The number of piperidine rings is 1. The Morgan fingerprint density at radius 2 is 1.92 bits per heavy atom. The van der Waals surface area contributed by atoms with Crippen LogP contribution in [0.4, 0.5) is 0 Å². The van der Waals surface area contributed by atoms with Crippen LogP contribution in [0.15, 0.2) is 42.6 Å². The highest BCUT2D eigenvalue weighted by Gasteiger charge is 2.23. The van der Waals surface area contributed by atoms with E-state index in [0.29, 0.717) is 12.5 Å². The molecule has 0 amide bonds. The molecule has 0 spiro atoms. The molecule has 4 heteroatoms. The van der Waals surface area contributed by atoms with Crippen LogP contribution in [0.5, 0.6) is 11.6 Å². The van der Waals surface area contributed by atoms with Gasteiger partial charge in [-0.1, -0.05) is 44.0 Å². The number of pyridine rings is 1. The average molecular weight is 352 g/mol. The van der Waals surface area contributed by atoms with Gasteiger partial charge < -0.3 is 9.47 Å². The first kappa shape index (κ1) is 17.3. The van der Waals surface area contributed by atoms with Crippen LogP contribution in [-0.4, -0.2) is 29.6 Å². The van der Waals surface area contributed by atoms with Gasteiger partial charge in [-0.3, -0.25) is 4.90 Å². The molecule has 2 aromatic rings. The molecule has 0 bridgehead atoms. The van der Waals surface area contributed by atoms with Crippen molar-refractivity contribution >= 4 is 0 Å². The quantitative estimate of drug-likeness (QED) is 0.787. The molecule has 0 N–H and O–H groups in total. The van der Waals surface area contributed by atoms with Crippen LogP contribution in [0.25, 0.3) is 0 Å². The summed E-state index contributed by atoms with van der Waals surface area (Å²) in [7, 11) is 0. The summed E-state index contributed by atoms with van der Waals surface area (Å²) in [6.07, 6.45) is 7.06. The smallest absolute Gasteiger partial charge is 0.257 e. The predicted molar refractivity (Wildman–Crippen MR) is 102 cm³/mol. The van der Waals surface area contributed by atoms with Gasteiger partial charge in [-0.25, -0.2) is 4.98 Å². The lowest BCUT2D eigenvalue weighted by Crippen LogP contribution is -2.33. The van der Waals surface area contributed by atoms with E-state index in [1.807, 2.05) is 12.1 Å². The van der Waals surface area contributed by atoms with Gasteiger partial charge in [0.2, 0.25) is 0 Å². The summed E-state index contributed by atoms with van der Waals surface area (Å²) in [5, 5.41) is 0. The molecule has 4 rings (SSSR count). The van der Waals surface area contributed by atoms with Crippen LogP contribution >= 0.6 is 0 Å². The zero-order valence-corrected chi connectivity index (χ0v) is 15.6. The molecular weight excluding hydrogens is 324 g/mol. The molecule has 0 radical (unpaired) electrons. The van der Waals surface area contributed by atoms with Crippen LogP contribution in [0, 0.1) is 5.92 Å². The average Bonchev–Trinajstić information content (AvgIpc) is 2.70. The number of fused-ring (bicyclic) bond motifs is 1. The minimum Gasteiger partial charge on any atom is -0.484 e. The van der Waals surface area contributed by atoms with E-state index in [0.717, 1.165) is 23.8 Å². The Morgan fingerprint density at radius 3 is 2.69 bits per heavy atom. The van der Waals surface area contributed by atoms with E-state index in [9.17, 15) is 0 Å². The summed E-state index contributed by atoms with van der Waals surface area (Å²) in [5.41, 5.74) is 2.52. The van der Waals surface area contributed by atoms with Crippen molar-refractivity contribution in [2.24, 2.45) is 5.92 Å². The fourth-order valence-corrected chi connectivity index (χ4v) is 4.01. The zero-order chi connectivity index (χ0) is 17.8. The normalized spacial score (nSPS) is 20.9. The lowest BCUT2D eigenvalue weighted by Gasteiger charge is -2.32. The molecule has 1 atom stereocenters. The van der Waals surface area contributed by atoms with Gasteiger partial charge in [0, 0.05) is 12.7 Å². The van der Waals surface area contributed by atoms with E-state index in [1.165, 1.54) is 44.3 Å². The SMILES string of the molecule is CCCC1CCN(Cc2ccc([C@H]3COc4cccnc4O3)cc2)CC1. The molecular formula is C22H28N2O2. The maximum absolute atomic E-state index is 6.00. The number of likely N-dealkylation sites (tertiary alicyclic amines) is 1. The molecule has 2 aliphatic rings. The van der Waals surface area contributed by atoms with Crippen LogP contribution in [0.1, 0.15) is 49.8 Å². The van der Waals surface area contributed by atoms with E-state index in [1.54, 1.807) is 6.20 Å². The second-order valence-corrected chi connectivity index (χ2v) is 7.47. The fraction of sp³-hybridized carbons (Fsp3) is 0.500. The summed E-state index contributed by atoms with van der Waals surface area (Å²) in [6, 6.07) is 12.5. The Kier molecular flexibility index (Phi) is 5.40. The van der Waals surface area contributed by atoms with E-state index < -0.39 is 0 Å². The van der Waals surface area contributed by atoms with Crippen molar-refractivity contribution in [3.63, 3.8) is 0 Å². The van der Waals surface area contributed by atoms with Crippen molar-refractivity contribution < 1.29 is 9.47 Å².